The van der Waals surface area contributed by atoms with Crippen LogP contribution < -0.4 is 4.74 Å². The summed E-state index contributed by atoms with van der Waals surface area (Å²) in [6.07, 6.45) is 5.79. The molecular formula is C38H48N2O5S. The summed E-state index contributed by atoms with van der Waals surface area (Å²) in [5.74, 6) is 1.60. The van der Waals surface area contributed by atoms with Gasteiger partial charge in [-0.2, -0.15) is 0 Å². The largest absolute Gasteiger partial charge is 0.487 e. The summed E-state index contributed by atoms with van der Waals surface area (Å²) in [6.45, 7) is 8.25. The summed E-state index contributed by atoms with van der Waals surface area (Å²) < 4.78 is 38.1. The predicted molar refractivity (Wildman–Crippen MR) is 183 cm³/mol. The van der Waals surface area contributed by atoms with Crippen molar-refractivity contribution in [2.75, 3.05) is 26.7 Å². The number of sulfone groups is 1. The fraction of sp³-hybridized carbons (Fsp3) is 0.500. The second-order valence-electron chi connectivity index (χ2n) is 14.6. The number of fused-ring (bicyclic) bond motifs is 1. The van der Waals surface area contributed by atoms with Gasteiger partial charge >= 0.3 is 6.09 Å². The highest BCUT2D eigenvalue weighted by Gasteiger charge is 2.45. The Morgan fingerprint density at radius 2 is 1.54 bits per heavy atom. The molecule has 2 saturated heterocycles. The van der Waals surface area contributed by atoms with Gasteiger partial charge in [0.15, 0.2) is 9.84 Å². The van der Waals surface area contributed by atoms with Gasteiger partial charge < -0.3 is 19.3 Å². The Hall–Kier alpha value is -3.36. The van der Waals surface area contributed by atoms with Crippen molar-refractivity contribution in [1.82, 2.24) is 9.80 Å². The number of piperidine rings is 2. The summed E-state index contributed by atoms with van der Waals surface area (Å²) in [5.41, 5.74) is 4.42. The number of aryl methyl sites for hydroxylation is 1. The van der Waals surface area contributed by atoms with E-state index < -0.39 is 15.4 Å². The molecule has 3 aromatic carbocycles. The van der Waals surface area contributed by atoms with Gasteiger partial charge in [-0.15, -0.1) is 0 Å². The van der Waals surface area contributed by atoms with E-state index in [0.29, 0.717) is 12.0 Å². The molecule has 0 N–H and O–H groups in total. The number of rotatable bonds is 6. The van der Waals surface area contributed by atoms with E-state index >= 15 is 0 Å². The van der Waals surface area contributed by atoms with E-state index in [-0.39, 0.29) is 23.2 Å². The number of likely N-dealkylation sites (tertiary alicyclic amines) is 2. The first-order chi connectivity index (χ1) is 21.9. The first-order valence-corrected chi connectivity index (χ1v) is 18.5. The number of carbonyl (C=O) groups excluding carboxylic acids is 1. The normalized spacial score (nSPS) is 22.7. The molecule has 2 unspecified atom stereocenters. The van der Waals surface area contributed by atoms with Gasteiger partial charge in [0.25, 0.3) is 0 Å². The van der Waals surface area contributed by atoms with Crippen molar-refractivity contribution in [3.8, 4) is 16.9 Å². The highest BCUT2D eigenvalue weighted by atomic mass is 32.2. The van der Waals surface area contributed by atoms with Gasteiger partial charge in [-0.25, -0.2) is 13.2 Å². The number of hydrogen-bond acceptors (Lipinski definition) is 6. The fourth-order valence-electron chi connectivity index (χ4n) is 7.45. The minimum absolute atomic E-state index is 0.0291. The highest BCUT2D eigenvalue weighted by Crippen LogP contribution is 2.44. The van der Waals surface area contributed by atoms with Gasteiger partial charge in [-0.05, 0) is 106 Å². The third-order valence-electron chi connectivity index (χ3n) is 9.94. The molecule has 0 aliphatic carbocycles. The van der Waals surface area contributed by atoms with E-state index in [9.17, 15) is 13.2 Å². The number of amides is 1. The summed E-state index contributed by atoms with van der Waals surface area (Å²) in [6, 6.07) is 24.2. The van der Waals surface area contributed by atoms with Crippen molar-refractivity contribution in [2.45, 2.75) is 88.0 Å². The number of benzene rings is 3. The smallest absolute Gasteiger partial charge is 0.410 e. The third-order valence-corrected chi connectivity index (χ3v) is 11.5. The Morgan fingerprint density at radius 3 is 2.22 bits per heavy atom. The maximum Gasteiger partial charge on any atom is 0.410 e. The van der Waals surface area contributed by atoms with Crippen LogP contribution in [0.4, 0.5) is 4.79 Å². The molecule has 1 amide bonds. The molecule has 3 aromatic rings. The molecular weight excluding hydrogens is 596 g/mol. The monoisotopic (exact) mass is 644 g/mol. The van der Waals surface area contributed by atoms with Crippen molar-refractivity contribution in [1.29, 1.82) is 0 Å². The van der Waals surface area contributed by atoms with Crippen LogP contribution in [0.2, 0.25) is 0 Å². The van der Waals surface area contributed by atoms with Crippen LogP contribution in [0, 0.1) is 5.92 Å². The quantitative estimate of drug-likeness (QED) is 0.281. The molecule has 1 spiro atoms. The SMILES string of the molecule is CN1CCC2(CCc3cc(-c4ccc(CS(=O)(=O)Cc5ccccc5)cc4)ccc3O2)CC1C1CCN(C(=O)OC(C)(C)C)CC1. The zero-order valence-electron chi connectivity index (χ0n) is 27.7. The lowest BCUT2D eigenvalue weighted by molar-refractivity contribution is -0.0545. The second kappa shape index (κ2) is 13.0. The molecule has 8 heteroatoms. The zero-order valence-corrected chi connectivity index (χ0v) is 28.5. The van der Waals surface area contributed by atoms with Crippen molar-refractivity contribution >= 4 is 15.9 Å². The van der Waals surface area contributed by atoms with E-state index in [1.165, 1.54) is 5.56 Å². The van der Waals surface area contributed by atoms with Crippen LogP contribution >= 0.6 is 0 Å². The lowest BCUT2D eigenvalue weighted by Crippen LogP contribution is -2.56. The Kier molecular flexibility index (Phi) is 9.23. The Labute approximate surface area is 274 Å². The van der Waals surface area contributed by atoms with Crippen molar-refractivity contribution < 1.29 is 22.7 Å². The van der Waals surface area contributed by atoms with Gasteiger partial charge in [0.05, 0.1) is 11.5 Å². The van der Waals surface area contributed by atoms with Crippen LogP contribution in [0.15, 0.2) is 72.8 Å². The van der Waals surface area contributed by atoms with Gasteiger partial charge in [-0.3, -0.25) is 0 Å². The summed E-state index contributed by atoms with van der Waals surface area (Å²) >= 11 is 0. The van der Waals surface area contributed by atoms with Crippen LogP contribution in [0.5, 0.6) is 5.75 Å². The molecule has 2 fully saturated rings. The average molecular weight is 645 g/mol. The molecule has 3 heterocycles. The first-order valence-electron chi connectivity index (χ1n) is 16.7. The molecule has 0 saturated carbocycles. The van der Waals surface area contributed by atoms with Crippen LogP contribution in [-0.4, -0.2) is 68.2 Å². The van der Waals surface area contributed by atoms with Crippen LogP contribution in [-0.2, 0) is 32.5 Å². The lowest BCUT2D eigenvalue weighted by atomic mass is 9.74. The van der Waals surface area contributed by atoms with E-state index in [2.05, 4.69) is 30.1 Å². The molecule has 0 radical (unpaired) electrons. The molecule has 7 nitrogen and oxygen atoms in total. The van der Waals surface area contributed by atoms with Crippen LogP contribution in [0.1, 0.15) is 69.6 Å². The first kappa shape index (κ1) is 32.6. The van der Waals surface area contributed by atoms with Crippen molar-refractivity contribution in [2.24, 2.45) is 5.92 Å². The van der Waals surface area contributed by atoms with Gasteiger partial charge in [0.2, 0.25) is 0 Å². The molecule has 2 atom stereocenters. The fourth-order valence-corrected chi connectivity index (χ4v) is 8.95. The van der Waals surface area contributed by atoms with Gasteiger partial charge in [0.1, 0.15) is 17.0 Å². The number of nitrogens with zero attached hydrogens (tertiary/aromatic N) is 2. The molecule has 0 bridgehead atoms. The van der Waals surface area contributed by atoms with Crippen molar-refractivity contribution in [3.05, 3.63) is 89.5 Å². The summed E-state index contributed by atoms with van der Waals surface area (Å²) in [5, 5.41) is 0. The van der Waals surface area contributed by atoms with Gasteiger partial charge in [0, 0.05) is 32.1 Å². The van der Waals surface area contributed by atoms with E-state index in [0.717, 1.165) is 86.2 Å². The Bertz CT molecular complexity index is 1630. The summed E-state index contributed by atoms with van der Waals surface area (Å²) in [7, 11) is -1.02. The van der Waals surface area contributed by atoms with Crippen molar-refractivity contribution in [3.63, 3.8) is 0 Å². The average Bonchev–Trinajstić information content (AvgIpc) is 3.02. The zero-order chi connectivity index (χ0) is 32.5. The highest BCUT2D eigenvalue weighted by molar-refractivity contribution is 7.89. The van der Waals surface area contributed by atoms with Crippen LogP contribution in [0.25, 0.3) is 11.1 Å². The molecule has 246 valence electrons. The van der Waals surface area contributed by atoms with Gasteiger partial charge in [-0.1, -0.05) is 60.7 Å². The summed E-state index contributed by atoms with van der Waals surface area (Å²) in [4.78, 5) is 17.0. The topological polar surface area (TPSA) is 76.2 Å². The van der Waals surface area contributed by atoms with Crippen LogP contribution in [0.3, 0.4) is 0 Å². The Morgan fingerprint density at radius 1 is 0.891 bits per heavy atom. The Balaban J connectivity index is 1.07. The minimum Gasteiger partial charge on any atom is -0.487 e. The maximum atomic E-state index is 12.8. The predicted octanol–water partition coefficient (Wildman–Crippen LogP) is 7.27. The molecule has 46 heavy (non-hydrogen) atoms. The third kappa shape index (κ3) is 7.77. The standard InChI is InChI=1S/C38H48N2O5S/c1-37(2,3)45-36(41)40-21-17-31(18-22-40)34-25-38(20-23-39(34)4)19-16-33-24-32(14-15-35(33)44-38)30-12-10-29(11-13-30)27-46(42,43)26-28-8-6-5-7-9-28/h5-15,24,31,34H,16-23,25-27H2,1-4H3. The number of ether oxygens (including phenoxy) is 2. The second-order valence-corrected chi connectivity index (χ2v) is 16.7. The van der Waals surface area contributed by atoms with E-state index in [1.54, 1.807) is 0 Å². The minimum atomic E-state index is -3.26. The number of carbonyl (C=O) groups is 1. The number of hydrogen-bond donors (Lipinski definition) is 0. The lowest BCUT2D eigenvalue weighted by Gasteiger charge is -2.50. The molecule has 0 aromatic heterocycles. The molecule has 6 rings (SSSR count). The van der Waals surface area contributed by atoms with E-state index in [1.807, 2.05) is 80.3 Å². The van der Waals surface area contributed by atoms with E-state index in [4.69, 9.17) is 9.47 Å². The molecule has 3 aliphatic heterocycles. The maximum absolute atomic E-state index is 12.8. The molecule has 3 aliphatic rings.